The topological polar surface area (TPSA) is 68.5 Å². The van der Waals surface area contributed by atoms with E-state index >= 15 is 0 Å². The molecule has 7 heteroatoms. The van der Waals surface area contributed by atoms with Gasteiger partial charge in [-0.25, -0.2) is 5.43 Å². The van der Waals surface area contributed by atoms with Gasteiger partial charge in [0.25, 0.3) is 5.91 Å². The molecule has 0 aliphatic carbocycles. The van der Waals surface area contributed by atoms with Crippen LogP contribution < -0.4 is 10.2 Å². The van der Waals surface area contributed by atoms with Gasteiger partial charge >= 0.3 is 0 Å². The number of hydrogen-bond acceptors (Lipinski definition) is 4. The fraction of sp³-hybridized carbons (Fsp3) is 0.267. The smallest absolute Gasteiger partial charge is 0.261 e. The fourth-order valence-electron chi connectivity index (χ4n) is 1.87. The zero-order valence-corrected chi connectivity index (χ0v) is 14.2. The first-order valence-corrected chi connectivity index (χ1v) is 7.46. The first-order valence-electron chi connectivity index (χ1n) is 6.66. The minimum absolute atomic E-state index is 0.123. The van der Waals surface area contributed by atoms with Gasteiger partial charge < -0.3 is 4.74 Å². The number of rotatable bonds is 5. The minimum atomic E-state index is -0.233. The van der Waals surface area contributed by atoms with Crippen LogP contribution in [0.15, 0.2) is 33.8 Å². The molecule has 0 saturated carbocycles. The van der Waals surface area contributed by atoms with Gasteiger partial charge in [-0.3, -0.25) is 9.48 Å². The van der Waals surface area contributed by atoms with Crippen molar-refractivity contribution in [2.24, 2.45) is 5.10 Å². The van der Waals surface area contributed by atoms with Crippen LogP contribution in [0.1, 0.15) is 17.0 Å². The van der Waals surface area contributed by atoms with Crippen LogP contribution in [0.4, 0.5) is 0 Å². The Balaban J connectivity index is 1.91. The summed E-state index contributed by atoms with van der Waals surface area (Å²) in [6, 6.07) is 7.37. The normalized spacial score (nSPS) is 10.9. The second kappa shape index (κ2) is 7.22. The van der Waals surface area contributed by atoms with Crippen molar-refractivity contribution < 1.29 is 9.53 Å². The Kier molecular flexibility index (Phi) is 5.32. The van der Waals surface area contributed by atoms with Crippen molar-refractivity contribution in [1.29, 1.82) is 0 Å². The van der Waals surface area contributed by atoms with Crippen LogP contribution in [0.2, 0.25) is 0 Å². The van der Waals surface area contributed by atoms with Crippen LogP contribution in [0.5, 0.6) is 5.75 Å². The fourth-order valence-corrected chi connectivity index (χ4v) is 2.15. The molecule has 0 spiro atoms. The molecule has 2 aromatic rings. The number of hydrogen-bond donors (Lipinski definition) is 1. The van der Waals surface area contributed by atoms with Gasteiger partial charge in [0.15, 0.2) is 0 Å². The maximum atomic E-state index is 11.9. The molecule has 0 aliphatic rings. The standard InChI is InChI=1S/C15H17BrN4O2/c1-10-15(16)11(2)20(19-10)9-14(21)18-17-8-12-4-6-13(22-3)7-5-12/h4-8H,9H2,1-3H3,(H,18,21). The average molecular weight is 365 g/mol. The lowest BCUT2D eigenvalue weighted by atomic mass is 10.2. The molecule has 0 fully saturated rings. The molecule has 0 saturated heterocycles. The number of amides is 1. The van der Waals surface area contributed by atoms with Crippen molar-refractivity contribution in [2.75, 3.05) is 7.11 Å². The lowest BCUT2D eigenvalue weighted by molar-refractivity contribution is -0.121. The number of aryl methyl sites for hydroxylation is 1. The monoisotopic (exact) mass is 364 g/mol. The average Bonchev–Trinajstić information content (AvgIpc) is 2.75. The van der Waals surface area contributed by atoms with Crippen molar-refractivity contribution in [3.8, 4) is 5.75 Å². The van der Waals surface area contributed by atoms with E-state index in [1.165, 1.54) is 0 Å². The quantitative estimate of drug-likeness (QED) is 0.654. The van der Waals surface area contributed by atoms with Gasteiger partial charge in [0, 0.05) is 0 Å². The summed E-state index contributed by atoms with van der Waals surface area (Å²) in [5, 5.41) is 8.21. The molecule has 2 rings (SSSR count). The van der Waals surface area contributed by atoms with Gasteiger partial charge in [-0.05, 0) is 59.6 Å². The molecule has 1 aromatic carbocycles. The van der Waals surface area contributed by atoms with E-state index in [1.54, 1.807) is 18.0 Å². The summed E-state index contributed by atoms with van der Waals surface area (Å²) in [5.74, 6) is 0.541. The van der Waals surface area contributed by atoms with E-state index in [0.29, 0.717) is 0 Å². The zero-order valence-electron chi connectivity index (χ0n) is 12.6. The van der Waals surface area contributed by atoms with Crippen molar-refractivity contribution in [1.82, 2.24) is 15.2 Å². The van der Waals surface area contributed by atoms with Crippen LogP contribution in [-0.2, 0) is 11.3 Å². The third-order valence-corrected chi connectivity index (χ3v) is 4.25. The van der Waals surface area contributed by atoms with Gasteiger partial charge in [-0.2, -0.15) is 10.2 Å². The third-order valence-electron chi connectivity index (χ3n) is 3.11. The van der Waals surface area contributed by atoms with Crippen molar-refractivity contribution in [3.63, 3.8) is 0 Å². The molecule has 0 radical (unpaired) electrons. The number of nitrogens with zero attached hydrogens (tertiary/aromatic N) is 3. The van der Waals surface area contributed by atoms with E-state index in [0.717, 1.165) is 27.2 Å². The van der Waals surface area contributed by atoms with Gasteiger partial charge in [0.05, 0.1) is 29.2 Å². The second-order valence-corrected chi connectivity index (χ2v) is 5.50. The van der Waals surface area contributed by atoms with Crippen LogP contribution in [0, 0.1) is 13.8 Å². The molecule has 1 heterocycles. The summed E-state index contributed by atoms with van der Waals surface area (Å²) in [6.07, 6.45) is 1.58. The second-order valence-electron chi connectivity index (χ2n) is 4.71. The lowest BCUT2D eigenvalue weighted by Crippen LogP contribution is -2.24. The van der Waals surface area contributed by atoms with Crippen molar-refractivity contribution in [2.45, 2.75) is 20.4 Å². The van der Waals surface area contributed by atoms with Crippen LogP contribution in [0.25, 0.3) is 0 Å². The Hall–Kier alpha value is -2.15. The number of ether oxygens (including phenoxy) is 1. The predicted molar refractivity (Wildman–Crippen MR) is 88.1 cm³/mol. The number of carbonyl (C=O) groups is 1. The third kappa shape index (κ3) is 3.94. The van der Waals surface area contributed by atoms with Crippen molar-refractivity contribution >= 4 is 28.1 Å². The number of carbonyl (C=O) groups excluding carboxylic acids is 1. The van der Waals surface area contributed by atoms with Gasteiger partial charge in [0.1, 0.15) is 12.3 Å². The van der Waals surface area contributed by atoms with Gasteiger partial charge in [-0.15, -0.1) is 0 Å². The highest BCUT2D eigenvalue weighted by Crippen LogP contribution is 2.19. The zero-order chi connectivity index (χ0) is 16.1. The maximum Gasteiger partial charge on any atom is 0.261 e. The molecular formula is C15H17BrN4O2. The Labute approximate surface area is 137 Å². The molecule has 0 aliphatic heterocycles. The highest BCUT2D eigenvalue weighted by atomic mass is 79.9. The molecule has 0 atom stereocenters. The summed E-state index contributed by atoms with van der Waals surface area (Å²) in [6.45, 7) is 3.91. The highest BCUT2D eigenvalue weighted by molar-refractivity contribution is 9.10. The number of aromatic nitrogens is 2. The van der Waals surface area contributed by atoms with E-state index in [9.17, 15) is 4.79 Å². The number of halogens is 1. The van der Waals surface area contributed by atoms with E-state index < -0.39 is 0 Å². The van der Waals surface area contributed by atoms with E-state index in [2.05, 4.69) is 31.6 Å². The van der Waals surface area contributed by atoms with Crippen LogP contribution >= 0.6 is 15.9 Å². The van der Waals surface area contributed by atoms with Gasteiger partial charge in [0.2, 0.25) is 0 Å². The summed E-state index contributed by atoms with van der Waals surface area (Å²) < 4.78 is 7.63. The molecule has 1 aromatic heterocycles. The molecule has 0 unspecified atom stereocenters. The summed E-state index contributed by atoms with van der Waals surface area (Å²) in [7, 11) is 1.61. The molecule has 22 heavy (non-hydrogen) atoms. The minimum Gasteiger partial charge on any atom is -0.497 e. The largest absolute Gasteiger partial charge is 0.497 e. The molecule has 6 nitrogen and oxygen atoms in total. The van der Waals surface area contributed by atoms with Crippen molar-refractivity contribution in [3.05, 3.63) is 45.7 Å². The SMILES string of the molecule is COc1ccc(C=NNC(=O)Cn2nc(C)c(Br)c2C)cc1. The summed E-state index contributed by atoms with van der Waals surface area (Å²) in [4.78, 5) is 11.9. The summed E-state index contributed by atoms with van der Waals surface area (Å²) in [5.41, 5.74) is 5.12. The van der Waals surface area contributed by atoms with Crippen LogP contribution in [0.3, 0.4) is 0 Å². The Morgan fingerprint density at radius 3 is 2.64 bits per heavy atom. The van der Waals surface area contributed by atoms with E-state index in [4.69, 9.17) is 4.74 Å². The Bertz CT molecular complexity index is 692. The van der Waals surface area contributed by atoms with Crippen LogP contribution in [-0.4, -0.2) is 29.0 Å². The molecular weight excluding hydrogens is 348 g/mol. The number of methoxy groups -OCH3 is 1. The lowest BCUT2D eigenvalue weighted by Gasteiger charge is -2.03. The maximum absolute atomic E-state index is 11.9. The van der Waals surface area contributed by atoms with E-state index in [1.807, 2.05) is 38.1 Å². The molecule has 116 valence electrons. The first kappa shape index (κ1) is 16.2. The predicted octanol–water partition coefficient (Wildman–Crippen LogP) is 2.42. The Morgan fingerprint density at radius 2 is 2.09 bits per heavy atom. The first-order chi connectivity index (χ1) is 10.5. The van der Waals surface area contributed by atoms with E-state index in [-0.39, 0.29) is 12.5 Å². The highest BCUT2D eigenvalue weighted by Gasteiger charge is 2.11. The Morgan fingerprint density at radius 1 is 1.41 bits per heavy atom. The molecule has 1 amide bonds. The number of benzene rings is 1. The molecule has 1 N–H and O–H groups in total. The number of nitrogens with one attached hydrogen (secondary N) is 1. The summed E-state index contributed by atoms with van der Waals surface area (Å²) >= 11 is 3.43. The number of hydrazone groups is 1. The van der Waals surface area contributed by atoms with Gasteiger partial charge in [-0.1, -0.05) is 0 Å². The molecule has 0 bridgehead atoms.